The summed E-state index contributed by atoms with van der Waals surface area (Å²) in [7, 11) is 4.10. The van der Waals surface area contributed by atoms with Crippen molar-refractivity contribution in [1.29, 1.82) is 0 Å². The summed E-state index contributed by atoms with van der Waals surface area (Å²) >= 11 is 0. The van der Waals surface area contributed by atoms with Gasteiger partial charge >= 0.3 is 0 Å². The minimum Gasteiger partial charge on any atom is -0.316 e. The first-order chi connectivity index (χ1) is 7.15. The Hall–Kier alpha value is -0.830. The molecule has 1 aliphatic carbocycles. The molecule has 1 N–H and O–H groups in total. The van der Waals surface area contributed by atoms with Crippen molar-refractivity contribution in [2.45, 2.75) is 38.6 Å². The van der Waals surface area contributed by atoms with Gasteiger partial charge in [-0.25, -0.2) is 0 Å². The average molecular weight is 207 g/mol. The highest BCUT2D eigenvalue weighted by Gasteiger charge is 2.43. The Kier molecular flexibility index (Phi) is 2.83. The van der Waals surface area contributed by atoms with Crippen LogP contribution >= 0.6 is 0 Å². The summed E-state index contributed by atoms with van der Waals surface area (Å²) in [6, 6.07) is 2.77. The number of nitrogens with zero attached hydrogens (tertiary/aromatic N) is 2. The summed E-state index contributed by atoms with van der Waals surface area (Å²) in [5.41, 5.74) is 1.90. The fraction of sp³-hybridized carbons (Fsp3) is 0.750. The van der Waals surface area contributed by atoms with Crippen molar-refractivity contribution in [3.63, 3.8) is 0 Å². The highest BCUT2D eigenvalue weighted by molar-refractivity contribution is 5.04. The molecule has 0 radical (unpaired) electrons. The minimum atomic E-state index is 0.563. The van der Waals surface area contributed by atoms with Crippen LogP contribution in [0, 0.1) is 5.41 Å². The lowest BCUT2D eigenvalue weighted by Crippen LogP contribution is -2.33. The summed E-state index contributed by atoms with van der Waals surface area (Å²) in [5.74, 6) is 0. The number of rotatable bonds is 5. The van der Waals surface area contributed by atoms with Crippen molar-refractivity contribution in [3.05, 3.63) is 18.0 Å². The Labute approximate surface area is 91.9 Å². The third-order valence-electron chi connectivity index (χ3n) is 3.84. The molecule has 1 aromatic heterocycles. The number of aromatic nitrogens is 2. The number of nitrogens with one attached hydrogen (secondary N) is 1. The monoisotopic (exact) mass is 207 g/mol. The van der Waals surface area contributed by atoms with E-state index in [1.54, 1.807) is 0 Å². The van der Waals surface area contributed by atoms with Gasteiger partial charge in [0.05, 0.1) is 0 Å². The molecule has 0 bridgehead atoms. The van der Waals surface area contributed by atoms with Gasteiger partial charge in [0.2, 0.25) is 0 Å². The fourth-order valence-corrected chi connectivity index (χ4v) is 2.33. The summed E-state index contributed by atoms with van der Waals surface area (Å²) in [6.45, 7) is 2.39. The second-order valence-corrected chi connectivity index (χ2v) is 4.98. The first kappa shape index (κ1) is 10.7. The van der Waals surface area contributed by atoms with Crippen LogP contribution in [0.1, 0.15) is 31.9 Å². The highest BCUT2D eigenvalue weighted by atomic mass is 15.2. The summed E-state index contributed by atoms with van der Waals surface area (Å²) in [4.78, 5) is 0. The normalized spacial score (nSPS) is 20.2. The Morgan fingerprint density at radius 2 is 2.33 bits per heavy atom. The van der Waals surface area contributed by atoms with Crippen LogP contribution in [0.2, 0.25) is 0 Å². The molecule has 0 saturated heterocycles. The predicted octanol–water partition coefficient (Wildman–Crippen LogP) is 1.74. The standard InChI is InChI=1S/C12H21N3/c1-12(7-8-12)11(13-2)5-4-10-6-9-14-15(10)3/h6,9,11,13H,4-5,7-8H2,1-3H3. The van der Waals surface area contributed by atoms with Gasteiger partial charge in [-0.3, -0.25) is 4.68 Å². The smallest absolute Gasteiger partial charge is 0.0492 e. The summed E-state index contributed by atoms with van der Waals surface area (Å²) < 4.78 is 1.97. The molecule has 3 nitrogen and oxygen atoms in total. The SMILES string of the molecule is CNC(CCc1ccnn1C)C1(C)CC1. The van der Waals surface area contributed by atoms with E-state index in [1.807, 2.05) is 17.9 Å². The molecule has 1 aromatic rings. The van der Waals surface area contributed by atoms with Crippen molar-refractivity contribution in [1.82, 2.24) is 15.1 Å². The van der Waals surface area contributed by atoms with E-state index in [0.717, 1.165) is 6.42 Å². The van der Waals surface area contributed by atoms with Crippen LogP contribution in [0.5, 0.6) is 0 Å². The van der Waals surface area contributed by atoms with E-state index < -0.39 is 0 Å². The summed E-state index contributed by atoms with van der Waals surface area (Å²) in [5, 5.41) is 7.65. The zero-order valence-electron chi connectivity index (χ0n) is 9.95. The van der Waals surface area contributed by atoms with Gasteiger partial charge in [0.25, 0.3) is 0 Å². The van der Waals surface area contributed by atoms with Crippen LogP contribution in [-0.4, -0.2) is 22.9 Å². The molecule has 1 atom stereocenters. The molecule has 1 aliphatic rings. The Morgan fingerprint density at radius 1 is 1.60 bits per heavy atom. The second kappa shape index (κ2) is 3.97. The molecule has 0 aromatic carbocycles. The topological polar surface area (TPSA) is 29.9 Å². The highest BCUT2D eigenvalue weighted by Crippen LogP contribution is 2.49. The molecular weight excluding hydrogens is 186 g/mol. The molecule has 0 amide bonds. The maximum absolute atomic E-state index is 4.19. The van der Waals surface area contributed by atoms with E-state index in [-0.39, 0.29) is 0 Å². The van der Waals surface area contributed by atoms with Crippen LogP contribution in [0.4, 0.5) is 0 Å². The van der Waals surface area contributed by atoms with E-state index in [0.29, 0.717) is 11.5 Å². The third kappa shape index (κ3) is 2.23. The predicted molar refractivity (Wildman–Crippen MR) is 61.7 cm³/mol. The van der Waals surface area contributed by atoms with Crippen molar-refractivity contribution in [2.24, 2.45) is 12.5 Å². The van der Waals surface area contributed by atoms with Gasteiger partial charge in [0.15, 0.2) is 0 Å². The average Bonchev–Trinajstić information content (AvgIpc) is 2.82. The van der Waals surface area contributed by atoms with Gasteiger partial charge in [0.1, 0.15) is 0 Å². The molecule has 0 aliphatic heterocycles. The molecule has 2 rings (SSSR count). The zero-order chi connectivity index (χ0) is 10.9. The van der Waals surface area contributed by atoms with Crippen LogP contribution in [0.15, 0.2) is 12.3 Å². The molecule has 0 spiro atoms. The van der Waals surface area contributed by atoms with E-state index >= 15 is 0 Å². The molecule has 15 heavy (non-hydrogen) atoms. The van der Waals surface area contributed by atoms with Crippen LogP contribution < -0.4 is 5.32 Å². The maximum Gasteiger partial charge on any atom is 0.0492 e. The molecule has 1 unspecified atom stereocenters. The number of hydrogen-bond donors (Lipinski definition) is 1. The lowest BCUT2D eigenvalue weighted by atomic mass is 9.94. The van der Waals surface area contributed by atoms with Gasteiger partial charge in [0, 0.05) is 25.0 Å². The Morgan fingerprint density at radius 3 is 2.80 bits per heavy atom. The van der Waals surface area contributed by atoms with E-state index in [9.17, 15) is 0 Å². The molecule has 1 heterocycles. The molecule has 3 heteroatoms. The fourth-order valence-electron chi connectivity index (χ4n) is 2.33. The van der Waals surface area contributed by atoms with Crippen molar-refractivity contribution in [2.75, 3.05) is 7.05 Å². The Bertz CT molecular complexity index is 325. The minimum absolute atomic E-state index is 0.563. The van der Waals surface area contributed by atoms with Crippen LogP contribution in [0.3, 0.4) is 0 Å². The van der Waals surface area contributed by atoms with E-state index in [2.05, 4.69) is 30.5 Å². The molecule has 84 valence electrons. The van der Waals surface area contributed by atoms with E-state index in [1.165, 1.54) is 25.0 Å². The van der Waals surface area contributed by atoms with Crippen molar-refractivity contribution < 1.29 is 0 Å². The van der Waals surface area contributed by atoms with Crippen LogP contribution in [-0.2, 0) is 13.5 Å². The maximum atomic E-state index is 4.19. The largest absolute Gasteiger partial charge is 0.316 e. The molecule has 1 saturated carbocycles. The lowest BCUT2D eigenvalue weighted by molar-refractivity contribution is 0.355. The quantitative estimate of drug-likeness (QED) is 0.797. The second-order valence-electron chi connectivity index (χ2n) is 4.98. The zero-order valence-corrected chi connectivity index (χ0v) is 9.95. The third-order valence-corrected chi connectivity index (χ3v) is 3.84. The van der Waals surface area contributed by atoms with Gasteiger partial charge < -0.3 is 5.32 Å². The van der Waals surface area contributed by atoms with Gasteiger partial charge in [-0.05, 0) is 44.2 Å². The van der Waals surface area contributed by atoms with Crippen molar-refractivity contribution in [3.8, 4) is 0 Å². The van der Waals surface area contributed by atoms with E-state index in [4.69, 9.17) is 0 Å². The summed E-state index contributed by atoms with van der Waals surface area (Å²) in [6.07, 6.45) is 6.97. The number of aryl methyl sites for hydroxylation is 2. The van der Waals surface area contributed by atoms with Crippen molar-refractivity contribution >= 4 is 0 Å². The molecular formula is C12H21N3. The first-order valence-corrected chi connectivity index (χ1v) is 5.80. The van der Waals surface area contributed by atoms with Gasteiger partial charge in [-0.15, -0.1) is 0 Å². The Balaban J connectivity index is 1.89. The number of hydrogen-bond acceptors (Lipinski definition) is 2. The molecule has 1 fully saturated rings. The lowest BCUT2D eigenvalue weighted by Gasteiger charge is -2.22. The first-order valence-electron chi connectivity index (χ1n) is 5.80. The van der Waals surface area contributed by atoms with Crippen LogP contribution in [0.25, 0.3) is 0 Å². The van der Waals surface area contributed by atoms with Gasteiger partial charge in [-0.1, -0.05) is 6.92 Å². The van der Waals surface area contributed by atoms with Gasteiger partial charge in [-0.2, -0.15) is 5.10 Å².